The minimum absolute atomic E-state index is 0.936. The van der Waals surface area contributed by atoms with E-state index in [1.807, 2.05) is 0 Å². The molecule has 0 aromatic carbocycles. The maximum atomic E-state index is 5.03. The number of rotatable bonds is 13. The van der Waals surface area contributed by atoms with Crippen LogP contribution in [0.2, 0.25) is 0 Å². The molecule has 0 aliphatic heterocycles. The Morgan fingerprint density at radius 1 is 0.625 bits per heavy atom. The number of unbranched alkanes of at least 4 members (excludes halogenated alkanes) is 10. The van der Waals surface area contributed by atoms with Gasteiger partial charge in [-0.05, 0) is 18.6 Å². The van der Waals surface area contributed by atoms with Crippen molar-refractivity contribution < 1.29 is 4.74 Å². The Labute approximate surface area is 108 Å². The molecule has 0 aliphatic carbocycles. The Kier molecular flexibility index (Phi) is 15.6. The Hall–Kier alpha value is 0.310. The van der Waals surface area contributed by atoms with E-state index in [4.69, 9.17) is 4.74 Å². The van der Waals surface area contributed by atoms with Crippen LogP contribution >= 0.6 is 12.6 Å². The predicted octanol–water partition coefficient (Wildman–Crippen LogP) is 4.85. The zero-order valence-electron chi connectivity index (χ0n) is 11.0. The van der Waals surface area contributed by atoms with E-state index < -0.39 is 0 Å². The van der Waals surface area contributed by atoms with Gasteiger partial charge in [0.25, 0.3) is 0 Å². The van der Waals surface area contributed by atoms with Crippen molar-refractivity contribution in [3.05, 3.63) is 0 Å². The lowest BCUT2D eigenvalue weighted by molar-refractivity contribution is 0.192. The third-order valence-electron chi connectivity index (χ3n) is 3.01. The first-order chi connectivity index (χ1) is 7.91. The molecule has 0 rings (SSSR count). The van der Waals surface area contributed by atoms with Crippen molar-refractivity contribution in [2.75, 3.05) is 19.5 Å². The predicted molar refractivity (Wildman–Crippen MR) is 76.5 cm³/mol. The first-order valence-corrected chi connectivity index (χ1v) is 7.65. The standard InChI is InChI=1S/C14H30OS/c1-15-13-11-9-7-5-3-2-4-6-8-10-12-14-16/h16H,2-14H2,1H3. The highest BCUT2D eigenvalue weighted by molar-refractivity contribution is 7.80. The molecule has 0 aromatic heterocycles. The summed E-state index contributed by atoms with van der Waals surface area (Å²) in [6, 6.07) is 0. The van der Waals surface area contributed by atoms with Crippen molar-refractivity contribution in [2.45, 2.75) is 70.6 Å². The summed E-state index contributed by atoms with van der Waals surface area (Å²) in [5.74, 6) is 1.06. The van der Waals surface area contributed by atoms with Gasteiger partial charge in [-0.15, -0.1) is 0 Å². The smallest absolute Gasteiger partial charge is 0.0462 e. The highest BCUT2D eigenvalue weighted by Gasteiger charge is 1.92. The van der Waals surface area contributed by atoms with E-state index in [0.717, 1.165) is 12.4 Å². The number of thiol groups is 1. The number of hydrogen-bond donors (Lipinski definition) is 1. The number of hydrogen-bond acceptors (Lipinski definition) is 2. The van der Waals surface area contributed by atoms with Crippen molar-refractivity contribution in [1.29, 1.82) is 0 Å². The van der Waals surface area contributed by atoms with Crippen LogP contribution in [-0.4, -0.2) is 19.5 Å². The van der Waals surface area contributed by atoms with Gasteiger partial charge in [0.2, 0.25) is 0 Å². The Morgan fingerprint density at radius 3 is 1.38 bits per heavy atom. The van der Waals surface area contributed by atoms with Crippen LogP contribution in [0, 0.1) is 0 Å². The molecule has 0 heterocycles. The molecule has 1 nitrogen and oxygen atoms in total. The lowest BCUT2D eigenvalue weighted by atomic mass is 10.1. The fourth-order valence-electron chi connectivity index (χ4n) is 1.95. The minimum atomic E-state index is 0.936. The topological polar surface area (TPSA) is 9.23 Å². The Bertz CT molecular complexity index is 103. The zero-order valence-corrected chi connectivity index (χ0v) is 11.9. The molecule has 0 radical (unpaired) electrons. The molecule has 0 fully saturated rings. The number of ether oxygens (including phenoxy) is 1. The molecule has 0 saturated heterocycles. The van der Waals surface area contributed by atoms with Crippen molar-refractivity contribution in [3.8, 4) is 0 Å². The fourth-order valence-corrected chi connectivity index (χ4v) is 2.17. The van der Waals surface area contributed by atoms with Gasteiger partial charge >= 0.3 is 0 Å². The SMILES string of the molecule is COCCCCCCCCCCCCCS. The van der Waals surface area contributed by atoms with Gasteiger partial charge in [-0.3, -0.25) is 0 Å². The molecule has 2 heteroatoms. The van der Waals surface area contributed by atoms with Gasteiger partial charge in [0.15, 0.2) is 0 Å². The summed E-state index contributed by atoms with van der Waals surface area (Å²) in [5.41, 5.74) is 0. The van der Waals surface area contributed by atoms with Gasteiger partial charge < -0.3 is 4.74 Å². The van der Waals surface area contributed by atoms with Gasteiger partial charge in [-0.25, -0.2) is 0 Å². The van der Waals surface area contributed by atoms with Crippen LogP contribution in [0.3, 0.4) is 0 Å². The lowest BCUT2D eigenvalue weighted by Gasteiger charge is -2.02. The van der Waals surface area contributed by atoms with E-state index in [2.05, 4.69) is 12.6 Å². The second-order valence-electron chi connectivity index (χ2n) is 4.61. The number of methoxy groups -OCH3 is 1. The third kappa shape index (κ3) is 14.3. The fraction of sp³-hybridized carbons (Fsp3) is 1.00. The third-order valence-corrected chi connectivity index (χ3v) is 3.32. The Balaban J connectivity index is 2.83. The second kappa shape index (κ2) is 15.3. The lowest BCUT2D eigenvalue weighted by Crippen LogP contribution is -1.88. The summed E-state index contributed by atoms with van der Waals surface area (Å²) >= 11 is 4.22. The highest BCUT2D eigenvalue weighted by atomic mass is 32.1. The zero-order chi connectivity index (χ0) is 11.9. The maximum absolute atomic E-state index is 5.03. The normalized spacial score (nSPS) is 10.9. The summed E-state index contributed by atoms with van der Waals surface area (Å²) in [6.45, 7) is 0.936. The maximum Gasteiger partial charge on any atom is 0.0462 e. The highest BCUT2D eigenvalue weighted by Crippen LogP contribution is 2.11. The van der Waals surface area contributed by atoms with Crippen LogP contribution in [0.15, 0.2) is 0 Å². The molecule has 0 aliphatic rings. The van der Waals surface area contributed by atoms with E-state index >= 15 is 0 Å². The van der Waals surface area contributed by atoms with Gasteiger partial charge in [0.1, 0.15) is 0 Å². The summed E-state index contributed by atoms with van der Waals surface area (Å²) < 4.78 is 5.03. The molecule has 16 heavy (non-hydrogen) atoms. The van der Waals surface area contributed by atoms with Crippen molar-refractivity contribution in [2.24, 2.45) is 0 Å². The van der Waals surface area contributed by atoms with Crippen molar-refractivity contribution >= 4 is 12.6 Å². The summed E-state index contributed by atoms with van der Waals surface area (Å²) in [6.07, 6.45) is 15.2. The van der Waals surface area contributed by atoms with Gasteiger partial charge in [0, 0.05) is 13.7 Å². The molecular weight excluding hydrogens is 216 g/mol. The first-order valence-electron chi connectivity index (χ1n) is 7.01. The van der Waals surface area contributed by atoms with Gasteiger partial charge in [-0.1, -0.05) is 57.8 Å². The largest absolute Gasteiger partial charge is 0.385 e. The van der Waals surface area contributed by atoms with Crippen LogP contribution in [0.1, 0.15) is 70.6 Å². The molecule has 0 unspecified atom stereocenters. The Morgan fingerprint density at radius 2 is 1.00 bits per heavy atom. The van der Waals surface area contributed by atoms with E-state index in [9.17, 15) is 0 Å². The summed E-state index contributed by atoms with van der Waals surface area (Å²) in [7, 11) is 1.79. The minimum Gasteiger partial charge on any atom is -0.385 e. The van der Waals surface area contributed by atoms with Crippen molar-refractivity contribution in [1.82, 2.24) is 0 Å². The van der Waals surface area contributed by atoms with Gasteiger partial charge in [-0.2, -0.15) is 12.6 Å². The van der Waals surface area contributed by atoms with Crippen LogP contribution < -0.4 is 0 Å². The first kappa shape index (κ1) is 16.3. The molecular formula is C14H30OS. The van der Waals surface area contributed by atoms with E-state index in [-0.39, 0.29) is 0 Å². The monoisotopic (exact) mass is 246 g/mol. The van der Waals surface area contributed by atoms with Gasteiger partial charge in [0.05, 0.1) is 0 Å². The molecule has 0 bridgehead atoms. The molecule has 0 saturated carbocycles. The molecule has 0 aromatic rings. The second-order valence-corrected chi connectivity index (χ2v) is 5.05. The summed E-state index contributed by atoms with van der Waals surface area (Å²) in [4.78, 5) is 0. The average molecular weight is 246 g/mol. The quantitative estimate of drug-likeness (QED) is 0.361. The average Bonchev–Trinajstić information content (AvgIpc) is 2.31. The van der Waals surface area contributed by atoms with Crippen LogP contribution in [0.25, 0.3) is 0 Å². The van der Waals surface area contributed by atoms with E-state index in [1.165, 1.54) is 70.6 Å². The molecule has 0 amide bonds. The van der Waals surface area contributed by atoms with Crippen LogP contribution in [0.4, 0.5) is 0 Å². The molecule has 0 atom stereocenters. The van der Waals surface area contributed by atoms with Crippen LogP contribution in [-0.2, 0) is 4.74 Å². The molecule has 0 N–H and O–H groups in total. The van der Waals surface area contributed by atoms with E-state index in [1.54, 1.807) is 7.11 Å². The van der Waals surface area contributed by atoms with Crippen LogP contribution in [0.5, 0.6) is 0 Å². The van der Waals surface area contributed by atoms with Crippen molar-refractivity contribution in [3.63, 3.8) is 0 Å². The summed E-state index contributed by atoms with van der Waals surface area (Å²) in [5, 5.41) is 0. The molecule has 0 spiro atoms. The van der Waals surface area contributed by atoms with E-state index in [0.29, 0.717) is 0 Å². The molecule has 98 valence electrons.